The normalized spacial score (nSPS) is 15.2. The van der Waals surface area contributed by atoms with E-state index >= 15 is 0 Å². The van der Waals surface area contributed by atoms with E-state index in [4.69, 9.17) is 17.0 Å². The number of nitrogens with one attached hydrogen (secondary N) is 2. The van der Waals surface area contributed by atoms with E-state index in [1.165, 1.54) is 25.7 Å². The fourth-order valence-electron chi connectivity index (χ4n) is 2.28. The van der Waals surface area contributed by atoms with Crippen molar-refractivity contribution in [3.05, 3.63) is 24.3 Å². The van der Waals surface area contributed by atoms with Crippen molar-refractivity contribution in [3.8, 4) is 5.75 Å². The number of ether oxygens (including phenoxy) is 1. The Morgan fingerprint density at radius 1 is 1.26 bits per heavy atom. The van der Waals surface area contributed by atoms with Gasteiger partial charge >= 0.3 is 0 Å². The highest BCUT2D eigenvalue weighted by Gasteiger charge is 2.15. The van der Waals surface area contributed by atoms with Crippen LogP contribution in [-0.2, 0) is 0 Å². The zero-order valence-electron chi connectivity index (χ0n) is 11.4. The van der Waals surface area contributed by atoms with Crippen molar-refractivity contribution in [3.63, 3.8) is 0 Å². The van der Waals surface area contributed by atoms with Crippen molar-refractivity contribution in [2.75, 3.05) is 11.9 Å². The lowest BCUT2D eigenvalue weighted by molar-refractivity contribution is 0.317. The minimum Gasteiger partial charge on any atom is -0.494 e. The molecule has 1 fully saturated rings. The first kappa shape index (κ1) is 14.1. The molecule has 1 aliphatic rings. The van der Waals surface area contributed by atoms with Gasteiger partial charge in [-0.25, -0.2) is 0 Å². The molecule has 1 aliphatic carbocycles. The standard InChI is InChI=1S/C15H22N2OS/c1-2-11-18-14-9-7-13(8-10-14)17-15(19)16-12-5-3-4-6-12/h7-10,12H,2-6,11H2,1H3,(H2,16,17,19). The Balaban J connectivity index is 1.79. The van der Waals surface area contributed by atoms with E-state index in [-0.39, 0.29) is 0 Å². The van der Waals surface area contributed by atoms with Crippen LogP contribution in [0.4, 0.5) is 5.69 Å². The molecule has 104 valence electrons. The summed E-state index contributed by atoms with van der Waals surface area (Å²) < 4.78 is 5.55. The van der Waals surface area contributed by atoms with E-state index in [9.17, 15) is 0 Å². The lowest BCUT2D eigenvalue weighted by atomic mass is 10.2. The Morgan fingerprint density at radius 3 is 2.58 bits per heavy atom. The highest BCUT2D eigenvalue weighted by molar-refractivity contribution is 7.80. The van der Waals surface area contributed by atoms with Crippen molar-refractivity contribution < 1.29 is 4.74 Å². The molecule has 0 saturated heterocycles. The molecule has 0 radical (unpaired) electrons. The molecule has 0 aliphatic heterocycles. The van der Waals surface area contributed by atoms with Gasteiger partial charge in [-0.3, -0.25) is 0 Å². The van der Waals surface area contributed by atoms with E-state index in [2.05, 4.69) is 17.6 Å². The van der Waals surface area contributed by atoms with E-state index in [1.807, 2.05) is 24.3 Å². The maximum Gasteiger partial charge on any atom is 0.170 e. The summed E-state index contributed by atoms with van der Waals surface area (Å²) in [5.41, 5.74) is 0.999. The first-order valence-electron chi connectivity index (χ1n) is 7.08. The van der Waals surface area contributed by atoms with Crippen LogP contribution in [0.15, 0.2) is 24.3 Å². The third kappa shape index (κ3) is 4.71. The average Bonchev–Trinajstić information content (AvgIpc) is 2.90. The van der Waals surface area contributed by atoms with Crippen molar-refractivity contribution in [1.82, 2.24) is 5.32 Å². The molecule has 0 bridgehead atoms. The van der Waals surface area contributed by atoms with Crippen LogP contribution in [0.5, 0.6) is 5.75 Å². The van der Waals surface area contributed by atoms with Crippen LogP contribution in [0, 0.1) is 0 Å². The number of rotatable bonds is 5. The first-order chi connectivity index (χ1) is 9.28. The van der Waals surface area contributed by atoms with Crippen LogP contribution in [-0.4, -0.2) is 17.8 Å². The predicted molar refractivity (Wildman–Crippen MR) is 83.8 cm³/mol. The topological polar surface area (TPSA) is 33.3 Å². The number of hydrogen-bond acceptors (Lipinski definition) is 2. The monoisotopic (exact) mass is 278 g/mol. The molecule has 2 N–H and O–H groups in total. The first-order valence-corrected chi connectivity index (χ1v) is 7.49. The number of hydrogen-bond donors (Lipinski definition) is 2. The SMILES string of the molecule is CCCOc1ccc(NC(=S)NC2CCCC2)cc1. The molecule has 0 amide bonds. The van der Waals surface area contributed by atoms with Crippen molar-refractivity contribution in [1.29, 1.82) is 0 Å². The lowest BCUT2D eigenvalue weighted by Gasteiger charge is -2.15. The van der Waals surface area contributed by atoms with E-state index < -0.39 is 0 Å². The number of benzene rings is 1. The summed E-state index contributed by atoms with van der Waals surface area (Å²) in [7, 11) is 0. The van der Waals surface area contributed by atoms with Crippen LogP contribution in [0.1, 0.15) is 39.0 Å². The summed E-state index contributed by atoms with van der Waals surface area (Å²) in [4.78, 5) is 0. The van der Waals surface area contributed by atoms with Gasteiger partial charge in [-0.15, -0.1) is 0 Å². The molecule has 1 saturated carbocycles. The van der Waals surface area contributed by atoms with E-state index in [1.54, 1.807) is 0 Å². The molecular formula is C15H22N2OS. The minimum atomic E-state index is 0.548. The molecular weight excluding hydrogens is 256 g/mol. The smallest absolute Gasteiger partial charge is 0.170 e. The molecule has 1 aromatic carbocycles. The second-order valence-corrected chi connectivity index (χ2v) is 5.36. The van der Waals surface area contributed by atoms with Gasteiger partial charge in [0.1, 0.15) is 5.75 Å². The van der Waals surface area contributed by atoms with Gasteiger partial charge < -0.3 is 15.4 Å². The number of anilines is 1. The van der Waals surface area contributed by atoms with Crippen LogP contribution in [0.25, 0.3) is 0 Å². The quantitative estimate of drug-likeness (QED) is 0.805. The highest BCUT2D eigenvalue weighted by Crippen LogP contribution is 2.19. The maximum absolute atomic E-state index is 5.55. The fourth-order valence-corrected chi connectivity index (χ4v) is 2.56. The summed E-state index contributed by atoms with van der Waals surface area (Å²) in [5.74, 6) is 0.905. The Bertz CT molecular complexity index is 399. The zero-order chi connectivity index (χ0) is 13.5. The van der Waals surface area contributed by atoms with Crippen molar-refractivity contribution >= 4 is 23.0 Å². The fraction of sp³-hybridized carbons (Fsp3) is 0.533. The molecule has 2 rings (SSSR count). The lowest BCUT2D eigenvalue weighted by Crippen LogP contribution is -2.35. The molecule has 0 heterocycles. The third-order valence-electron chi connectivity index (χ3n) is 3.28. The average molecular weight is 278 g/mol. The van der Waals surface area contributed by atoms with Crippen molar-refractivity contribution in [2.45, 2.75) is 45.1 Å². The summed E-state index contributed by atoms with van der Waals surface area (Å²) in [5, 5.41) is 7.30. The van der Waals surface area contributed by atoms with Gasteiger partial charge in [-0.2, -0.15) is 0 Å². The van der Waals surface area contributed by atoms with Gasteiger partial charge in [-0.05, 0) is 55.7 Å². The molecule has 19 heavy (non-hydrogen) atoms. The predicted octanol–water partition coefficient (Wildman–Crippen LogP) is 3.70. The third-order valence-corrected chi connectivity index (χ3v) is 3.50. The maximum atomic E-state index is 5.55. The van der Waals surface area contributed by atoms with E-state index in [0.717, 1.165) is 24.5 Å². The van der Waals surface area contributed by atoms with Crippen LogP contribution in [0.3, 0.4) is 0 Å². The summed E-state index contributed by atoms with van der Waals surface area (Å²) in [6, 6.07) is 8.47. The number of thiocarbonyl (C=S) groups is 1. The second kappa shape index (κ2) is 7.34. The highest BCUT2D eigenvalue weighted by atomic mass is 32.1. The van der Waals surface area contributed by atoms with Gasteiger partial charge in [0.2, 0.25) is 0 Å². The van der Waals surface area contributed by atoms with Gasteiger partial charge in [0.05, 0.1) is 6.61 Å². The Kier molecular flexibility index (Phi) is 5.45. The van der Waals surface area contributed by atoms with Gasteiger partial charge in [-0.1, -0.05) is 19.8 Å². The van der Waals surface area contributed by atoms with Gasteiger partial charge in [0.15, 0.2) is 5.11 Å². The van der Waals surface area contributed by atoms with Gasteiger partial charge in [0, 0.05) is 11.7 Å². The Labute approximate surface area is 120 Å². The molecule has 4 heteroatoms. The van der Waals surface area contributed by atoms with E-state index in [0.29, 0.717) is 11.2 Å². The zero-order valence-corrected chi connectivity index (χ0v) is 12.3. The molecule has 0 aromatic heterocycles. The minimum absolute atomic E-state index is 0.548. The molecule has 0 unspecified atom stereocenters. The molecule has 1 aromatic rings. The Hall–Kier alpha value is -1.29. The van der Waals surface area contributed by atoms with Crippen molar-refractivity contribution in [2.24, 2.45) is 0 Å². The summed E-state index contributed by atoms with van der Waals surface area (Å²) in [6.45, 7) is 2.86. The summed E-state index contributed by atoms with van der Waals surface area (Å²) in [6.07, 6.45) is 6.10. The molecule has 0 spiro atoms. The Morgan fingerprint density at radius 2 is 1.95 bits per heavy atom. The van der Waals surface area contributed by atoms with Crippen LogP contribution in [0.2, 0.25) is 0 Å². The van der Waals surface area contributed by atoms with Gasteiger partial charge in [0.25, 0.3) is 0 Å². The summed E-state index contributed by atoms with van der Waals surface area (Å²) >= 11 is 5.32. The molecule has 0 atom stereocenters. The largest absolute Gasteiger partial charge is 0.494 e. The van der Waals surface area contributed by atoms with Crippen LogP contribution < -0.4 is 15.4 Å². The second-order valence-electron chi connectivity index (χ2n) is 4.95. The van der Waals surface area contributed by atoms with Crippen LogP contribution >= 0.6 is 12.2 Å². The molecule has 3 nitrogen and oxygen atoms in total.